The van der Waals surface area contributed by atoms with E-state index in [4.69, 9.17) is 17.5 Å². The van der Waals surface area contributed by atoms with Gasteiger partial charge in [-0.25, -0.2) is 4.98 Å². The first-order valence-corrected chi connectivity index (χ1v) is 11.5. The summed E-state index contributed by atoms with van der Waals surface area (Å²) in [5, 5.41) is 11.7. The van der Waals surface area contributed by atoms with Gasteiger partial charge in [0.25, 0.3) is 5.91 Å². The molecule has 1 aliphatic carbocycles. The summed E-state index contributed by atoms with van der Waals surface area (Å²) >= 11 is 5.61. The van der Waals surface area contributed by atoms with Crippen molar-refractivity contribution in [3.05, 3.63) is 53.3 Å². The van der Waals surface area contributed by atoms with Crippen LogP contribution in [0.25, 0.3) is 0 Å². The number of carbonyl (C=O) groups is 2. The number of alkyl halides is 3. The van der Waals surface area contributed by atoms with Gasteiger partial charge in [-0.15, -0.1) is 0 Å². The Hall–Kier alpha value is -3.52. The number of rotatable bonds is 5. The normalized spacial score (nSPS) is 17.8. The second-order valence-electron chi connectivity index (χ2n) is 8.51. The highest BCUT2D eigenvalue weighted by Gasteiger charge is 2.59. The minimum Gasteiger partial charge on any atom is -0.359 e. The van der Waals surface area contributed by atoms with E-state index >= 15 is 0 Å². The van der Waals surface area contributed by atoms with Crippen molar-refractivity contribution in [2.45, 2.75) is 50.2 Å². The SMILES string of the molecule is CCC(C(=O)NC)c1ccc(N2C(=S)N(c3cnc(C#N)c(C(F)(F)F)c3)C(=O)C23CCC3)cc1. The molecule has 2 amide bonds. The van der Waals surface area contributed by atoms with Crippen LogP contribution in [0.15, 0.2) is 36.5 Å². The lowest BCUT2D eigenvalue weighted by atomic mass is 9.75. The van der Waals surface area contributed by atoms with Crippen molar-refractivity contribution in [1.82, 2.24) is 10.3 Å². The molecule has 2 fully saturated rings. The van der Waals surface area contributed by atoms with Gasteiger partial charge < -0.3 is 10.2 Å². The summed E-state index contributed by atoms with van der Waals surface area (Å²) in [5.41, 5.74) is -1.71. The number of likely N-dealkylation sites (N-methyl/N-ethyl adjacent to an activating group) is 1. The van der Waals surface area contributed by atoms with Crippen LogP contribution in [0.1, 0.15) is 55.3 Å². The maximum atomic E-state index is 13.5. The van der Waals surface area contributed by atoms with Crippen molar-refractivity contribution in [3.63, 3.8) is 0 Å². The minimum atomic E-state index is -4.82. The topological polar surface area (TPSA) is 89.3 Å². The standard InChI is InChI=1S/C24H22F3N5O2S/c1-3-17(20(33)29-2)14-5-7-15(8-6-14)32-22(35)31(21(34)23(32)9-4-10-23)16-11-18(24(25,26)27)19(12-28)30-13-16/h5-8,11,13,17H,3-4,9-10H2,1-2H3,(H,29,33). The molecule has 4 rings (SSSR count). The van der Waals surface area contributed by atoms with E-state index in [9.17, 15) is 22.8 Å². The average Bonchev–Trinajstić information content (AvgIpc) is 3.05. The number of nitriles is 1. The summed E-state index contributed by atoms with van der Waals surface area (Å²) in [6, 6.07) is 9.31. The maximum absolute atomic E-state index is 13.5. The number of benzene rings is 1. The van der Waals surface area contributed by atoms with E-state index in [1.165, 1.54) is 6.07 Å². The Bertz CT molecular complexity index is 1240. The van der Waals surface area contributed by atoms with E-state index in [1.54, 1.807) is 36.2 Å². The number of nitrogens with zero attached hydrogens (tertiary/aromatic N) is 4. The Balaban J connectivity index is 1.74. The predicted molar refractivity (Wildman–Crippen MR) is 127 cm³/mol. The van der Waals surface area contributed by atoms with Crippen LogP contribution in [-0.2, 0) is 15.8 Å². The lowest BCUT2D eigenvalue weighted by Gasteiger charge is -2.43. The summed E-state index contributed by atoms with van der Waals surface area (Å²) in [4.78, 5) is 32.1. The van der Waals surface area contributed by atoms with Gasteiger partial charge in [0.1, 0.15) is 11.6 Å². The van der Waals surface area contributed by atoms with Gasteiger partial charge in [-0.05, 0) is 61.7 Å². The zero-order chi connectivity index (χ0) is 25.5. The van der Waals surface area contributed by atoms with Gasteiger partial charge in [0.05, 0.1) is 23.4 Å². The number of amides is 2. The zero-order valence-electron chi connectivity index (χ0n) is 19.0. The summed E-state index contributed by atoms with van der Waals surface area (Å²) in [6.45, 7) is 1.91. The first-order chi connectivity index (χ1) is 16.6. The van der Waals surface area contributed by atoms with Gasteiger partial charge in [0.2, 0.25) is 5.91 Å². The first-order valence-electron chi connectivity index (χ1n) is 11.1. The third-order valence-corrected chi connectivity index (χ3v) is 7.03. The number of carbonyl (C=O) groups excluding carboxylic acids is 2. The molecule has 1 saturated heterocycles. The molecule has 0 bridgehead atoms. The number of pyridine rings is 1. The van der Waals surface area contributed by atoms with Crippen LogP contribution in [0, 0.1) is 11.3 Å². The largest absolute Gasteiger partial charge is 0.419 e. The smallest absolute Gasteiger partial charge is 0.359 e. The molecule has 2 heterocycles. The molecule has 1 saturated carbocycles. The number of hydrogen-bond acceptors (Lipinski definition) is 5. The van der Waals surface area contributed by atoms with E-state index in [0.717, 1.165) is 29.1 Å². The van der Waals surface area contributed by atoms with Crippen molar-refractivity contribution in [2.24, 2.45) is 0 Å². The van der Waals surface area contributed by atoms with Gasteiger partial charge in [-0.1, -0.05) is 19.1 Å². The molecule has 2 aliphatic rings. The van der Waals surface area contributed by atoms with Crippen LogP contribution >= 0.6 is 12.2 Å². The molecule has 1 spiro atoms. The summed E-state index contributed by atoms with van der Waals surface area (Å²) in [6.07, 6.45) is -1.39. The second kappa shape index (κ2) is 8.92. The van der Waals surface area contributed by atoms with Crippen LogP contribution in [0.2, 0.25) is 0 Å². The monoisotopic (exact) mass is 501 g/mol. The van der Waals surface area contributed by atoms with Crippen molar-refractivity contribution in [2.75, 3.05) is 16.8 Å². The first kappa shape index (κ1) is 24.6. The molecule has 1 atom stereocenters. The number of hydrogen-bond donors (Lipinski definition) is 1. The summed E-state index contributed by atoms with van der Waals surface area (Å²) in [7, 11) is 1.57. The van der Waals surface area contributed by atoms with Gasteiger partial charge >= 0.3 is 6.18 Å². The Morgan fingerprint density at radius 2 is 1.94 bits per heavy atom. The lowest BCUT2D eigenvalue weighted by Crippen LogP contribution is -2.55. The number of nitrogens with one attached hydrogen (secondary N) is 1. The van der Waals surface area contributed by atoms with Crippen LogP contribution in [0.5, 0.6) is 0 Å². The molecular formula is C24H22F3N5O2S. The molecule has 1 unspecified atom stereocenters. The third kappa shape index (κ3) is 3.91. The van der Waals surface area contributed by atoms with Crippen molar-refractivity contribution < 1.29 is 22.8 Å². The molecule has 1 N–H and O–H groups in total. The van der Waals surface area contributed by atoms with E-state index in [1.807, 2.05) is 6.92 Å². The van der Waals surface area contributed by atoms with Gasteiger partial charge in [-0.2, -0.15) is 18.4 Å². The van der Waals surface area contributed by atoms with Gasteiger partial charge in [0, 0.05) is 12.7 Å². The highest BCUT2D eigenvalue weighted by atomic mass is 32.1. The molecule has 11 heteroatoms. The molecule has 1 aromatic carbocycles. The fourth-order valence-electron chi connectivity index (χ4n) is 4.69. The molecule has 0 radical (unpaired) electrons. The van der Waals surface area contributed by atoms with E-state index in [2.05, 4.69) is 10.3 Å². The van der Waals surface area contributed by atoms with Crippen LogP contribution in [0.3, 0.4) is 0 Å². The molecule has 7 nitrogen and oxygen atoms in total. The summed E-state index contributed by atoms with van der Waals surface area (Å²) in [5.74, 6) is -0.863. The van der Waals surface area contributed by atoms with Crippen LogP contribution in [-0.4, -0.2) is 34.5 Å². The lowest BCUT2D eigenvalue weighted by molar-refractivity contribution is -0.138. The maximum Gasteiger partial charge on any atom is 0.419 e. The Morgan fingerprint density at radius 1 is 1.29 bits per heavy atom. The van der Waals surface area contributed by atoms with Gasteiger partial charge in [0.15, 0.2) is 10.8 Å². The summed E-state index contributed by atoms with van der Waals surface area (Å²) < 4.78 is 40.5. The van der Waals surface area contributed by atoms with Crippen LogP contribution in [0.4, 0.5) is 24.5 Å². The zero-order valence-corrected chi connectivity index (χ0v) is 19.8. The van der Waals surface area contributed by atoms with Crippen molar-refractivity contribution in [3.8, 4) is 6.07 Å². The quantitative estimate of drug-likeness (QED) is 0.616. The second-order valence-corrected chi connectivity index (χ2v) is 8.87. The highest BCUT2D eigenvalue weighted by Crippen LogP contribution is 2.48. The Labute approximate surface area is 205 Å². The number of aromatic nitrogens is 1. The number of halogens is 3. The van der Waals surface area contributed by atoms with E-state index in [0.29, 0.717) is 24.9 Å². The Kier molecular flexibility index (Phi) is 6.27. The van der Waals surface area contributed by atoms with Crippen molar-refractivity contribution in [1.29, 1.82) is 5.26 Å². The molecule has 35 heavy (non-hydrogen) atoms. The Morgan fingerprint density at radius 3 is 2.43 bits per heavy atom. The van der Waals surface area contributed by atoms with Crippen molar-refractivity contribution >= 4 is 40.5 Å². The van der Waals surface area contributed by atoms with Crippen LogP contribution < -0.4 is 15.1 Å². The van der Waals surface area contributed by atoms with Gasteiger partial charge in [-0.3, -0.25) is 14.5 Å². The number of anilines is 2. The molecule has 2 aromatic rings. The minimum absolute atomic E-state index is 0.0421. The highest BCUT2D eigenvalue weighted by molar-refractivity contribution is 7.81. The van der Waals surface area contributed by atoms with E-state index < -0.39 is 28.9 Å². The number of thiocarbonyl (C=S) groups is 1. The molecule has 1 aliphatic heterocycles. The molecule has 182 valence electrons. The average molecular weight is 502 g/mol. The fourth-order valence-corrected chi connectivity index (χ4v) is 5.16. The molecule has 1 aromatic heterocycles. The third-order valence-electron chi connectivity index (χ3n) is 6.66. The van der Waals surface area contributed by atoms with E-state index in [-0.39, 0.29) is 22.6 Å². The molecular weight excluding hydrogens is 479 g/mol. The fraction of sp³-hybridized carbons (Fsp3) is 0.375. The predicted octanol–water partition coefficient (Wildman–Crippen LogP) is 4.27.